The van der Waals surface area contributed by atoms with Crippen LogP contribution in [-0.4, -0.2) is 41.1 Å². The van der Waals surface area contributed by atoms with Crippen LogP contribution in [0.4, 0.5) is 35.1 Å². The lowest BCUT2D eigenvalue weighted by atomic mass is 9.77. The third kappa shape index (κ3) is 3.98. The molecule has 24 heavy (non-hydrogen) atoms. The second-order valence-corrected chi connectivity index (χ2v) is 5.49. The summed E-state index contributed by atoms with van der Waals surface area (Å²) in [5.41, 5.74) is -5.31. The summed E-state index contributed by atoms with van der Waals surface area (Å²) in [6.07, 6.45) is -16.7. The highest BCUT2D eigenvalue weighted by Crippen LogP contribution is 2.49. The highest BCUT2D eigenvalue weighted by Gasteiger charge is 2.68. The van der Waals surface area contributed by atoms with Gasteiger partial charge in [0.05, 0.1) is 0 Å². The third-order valence-corrected chi connectivity index (χ3v) is 3.80. The van der Waals surface area contributed by atoms with E-state index in [2.05, 4.69) is 11.3 Å². The van der Waals surface area contributed by atoms with Gasteiger partial charge in [0.1, 0.15) is 5.57 Å². The number of alkyl halides is 8. The Balaban J connectivity index is 3.20. The van der Waals surface area contributed by atoms with Gasteiger partial charge >= 0.3 is 24.2 Å². The van der Waals surface area contributed by atoms with Gasteiger partial charge in [0.2, 0.25) is 6.10 Å². The number of aliphatic hydroxyl groups excluding tert-OH is 1. The fourth-order valence-corrected chi connectivity index (χ4v) is 2.44. The van der Waals surface area contributed by atoms with Crippen molar-refractivity contribution in [2.45, 2.75) is 62.1 Å². The highest BCUT2D eigenvalue weighted by molar-refractivity contribution is 5.89. The van der Waals surface area contributed by atoms with Crippen LogP contribution in [-0.2, 0) is 9.53 Å². The van der Waals surface area contributed by atoms with E-state index in [1.54, 1.807) is 0 Å². The molecule has 0 amide bonds. The first-order valence-corrected chi connectivity index (χ1v) is 6.77. The van der Waals surface area contributed by atoms with Crippen molar-refractivity contribution in [1.82, 2.24) is 0 Å². The SMILES string of the molecule is C=C(C(=O)OC1(C(F)(F)C(O)C(F)(F)F)CCCCC1)C(F)(F)F. The van der Waals surface area contributed by atoms with Crippen LogP contribution in [0.1, 0.15) is 32.1 Å². The Morgan fingerprint density at radius 1 is 1.00 bits per heavy atom. The van der Waals surface area contributed by atoms with Crippen molar-refractivity contribution in [3.05, 3.63) is 12.2 Å². The lowest BCUT2D eigenvalue weighted by Gasteiger charge is -2.44. The molecule has 0 aromatic rings. The standard InChI is InChI=1S/C13H14F8O3/c1-7(12(16,17)18)8(22)24-10(5-3-2-4-6-10)11(14,15)9(23)13(19,20)21/h9,23H,1-6H2. The number of ether oxygens (including phenoxy) is 1. The predicted molar refractivity (Wildman–Crippen MR) is 64.1 cm³/mol. The summed E-state index contributed by atoms with van der Waals surface area (Å²) in [6, 6.07) is 0. The molecular formula is C13H14F8O3. The van der Waals surface area contributed by atoms with Crippen LogP contribution >= 0.6 is 0 Å². The summed E-state index contributed by atoms with van der Waals surface area (Å²) in [6.45, 7) is 2.37. The van der Waals surface area contributed by atoms with Crippen molar-refractivity contribution in [3.8, 4) is 0 Å². The van der Waals surface area contributed by atoms with Gasteiger partial charge in [-0.05, 0) is 25.7 Å². The molecular weight excluding hydrogens is 356 g/mol. The van der Waals surface area contributed by atoms with Gasteiger partial charge in [0.25, 0.3) is 0 Å². The largest absolute Gasteiger partial charge is 0.449 e. The number of hydrogen-bond donors (Lipinski definition) is 1. The first kappa shape index (κ1) is 20.7. The van der Waals surface area contributed by atoms with Crippen molar-refractivity contribution in [1.29, 1.82) is 0 Å². The minimum Gasteiger partial charge on any atom is -0.449 e. The molecule has 1 aliphatic carbocycles. The molecule has 1 unspecified atom stereocenters. The average molecular weight is 370 g/mol. The van der Waals surface area contributed by atoms with Crippen molar-refractivity contribution in [2.24, 2.45) is 0 Å². The lowest BCUT2D eigenvalue weighted by Crippen LogP contribution is -2.62. The van der Waals surface area contributed by atoms with Gasteiger partial charge in [0.15, 0.2) is 5.60 Å². The molecule has 1 aliphatic rings. The van der Waals surface area contributed by atoms with E-state index in [0.717, 1.165) is 0 Å². The monoisotopic (exact) mass is 370 g/mol. The number of halogens is 8. The Morgan fingerprint density at radius 3 is 1.83 bits per heavy atom. The second-order valence-electron chi connectivity index (χ2n) is 5.49. The van der Waals surface area contributed by atoms with E-state index < -0.39 is 54.4 Å². The first-order valence-electron chi connectivity index (χ1n) is 6.77. The van der Waals surface area contributed by atoms with Gasteiger partial charge in [-0.2, -0.15) is 35.1 Å². The molecule has 0 heterocycles. The minimum atomic E-state index is -5.75. The number of aliphatic hydroxyl groups is 1. The summed E-state index contributed by atoms with van der Waals surface area (Å²) < 4.78 is 107. The van der Waals surface area contributed by atoms with Crippen LogP contribution in [0.5, 0.6) is 0 Å². The topological polar surface area (TPSA) is 46.5 Å². The molecule has 0 spiro atoms. The minimum absolute atomic E-state index is 0.105. The number of carbonyl (C=O) groups excluding carboxylic acids is 1. The molecule has 11 heteroatoms. The summed E-state index contributed by atoms with van der Waals surface area (Å²) in [4.78, 5) is 11.4. The molecule has 0 bridgehead atoms. The fraction of sp³-hybridized carbons (Fsp3) is 0.769. The molecule has 1 rings (SSSR count). The molecule has 1 N–H and O–H groups in total. The van der Waals surface area contributed by atoms with Gasteiger partial charge < -0.3 is 9.84 Å². The molecule has 1 atom stereocenters. The smallest absolute Gasteiger partial charge is 0.422 e. The molecule has 0 aromatic carbocycles. The summed E-state index contributed by atoms with van der Waals surface area (Å²) in [5, 5.41) is 8.93. The van der Waals surface area contributed by atoms with Gasteiger partial charge in [-0.3, -0.25) is 0 Å². The third-order valence-electron chi connectivity index (χ3n) is 3.80. The fourth-order valence-electron chi connectivity index (χ4n) is 2.44. The van der Waals surface area contributed by atoms with E-state index in [1.807, 2.05) is 0 Å². The van der Waals surface area contributed by atoms with Crippen LogP contribution in [0.2, 0.25) is 0 Å². The summed E-state index contributed by atoms with van der Waals surface area (Å²) in [7, 11) is 0. The molecule has 0 radical (unpaired) electrons. The zero-order valence-electron chi connectivity index (χ0n) is 12.1. The maximum Gasteiger partial charge on any atom is 0.422 e. The van der Waals surface area contributed by atoms with E-state index in [9.17, 15) is 39.9 Å². The predicted octanol–water partition coefficient (Wildman–Crippen LogP) is 3.91. The normalized spacial score (nSPS) is 20.4. The van der Waals surface area contributed by atoms with Crippen molar-refractivity contribution in [2.75, 3.05) is 0 Å². The van der Waals surface area contributed by atoms with Crippen LogP contribution in [0, 0.1) is 0 Å². The van der Waals surface area contributed by atoms with Crippen molar-refractivity contribution in [3.63, 3.8) is 0 Å². The van der Waals surface area contributed by atoms with Crippen LogP contribution in [0.3, 0.4) is 0 Å². The molecule has 1 fully saturated rings. The van der Waals surface area contributed by atoms with Gasteiger partial charge in [0, 0.05) is 0 Å². The summed E-state index contributed by atoms with van der Waals surface area (Å²) >= 11 is 0. The van der Waals surface area contributed by atoms with E-state index in [0.29, 0.717) is 6.42 Å². The molecule has 140 valence electrons. The maximum atomic E-state index is 14.2. The van der Waals surface area contributed by atoms with Gasteiger partial charge in [-0.25, -0.2) is 4.79 Å². The number of rotatable bonds is 4. The number of esters is 1. The number of hydrogen-bond acceptors (Lipinski definition) is 3. The van der Waals surface area contributed by atoms with Crippen molar-refractivity contribution < 1.29 is 49.8 Å². The maximum absolute atomic E-state index is 14.2. The molecule has 0 saturated heterocycles. The zero-order valence-corrected chi connectivity index (χ0v) is 12.1. The van der Waals surface area contributed by atoms with E-state index in [4.69, 9.17) is 5.11 Å². The van der Waals surface area contributed by atoms with E-state index in [1.165, 1.54) is 0 Å². The van der Waals surface area contributed by atoms with Crippen LogP contribution in [0.25, 0.3) is 0 Å². The Kier molecular flexibility index (Phi) is 5.58. The van der Waals surface area contributed by atoms with E-state index >= 15 is 0 Å². The van der Waals surface area contributed by atoms with Crippen molar-refractivity contribution >= 4 is 5.97 Å². The molecule has 0 aliphatic heterocycles. The average Bonchev–Trinajstić information content (AvgIpc) is 2.44. The Bertz CT molecular complexity index is 488. The quantitative estimate of drug-likeness (QED) is 0.464. The Hall–Kier alpha value is -1.39. The molecule has 0 aromatic heterocycles. The van der Waals surface area contributed by atoms with Gasteiger partial charge in [-0.15, -0.1) is 0 Å². The highest BCUT2D eigenvalue weighted by atomic mass is 19.4. The molecule has 3 nitrogen and oxygen atoms in total. The van der Waals surface area contributed by atoms with Crippen LogP contribution < -0.4 is 0 Å². The van der Waals surface area contributed by atoms with Crippen LogP contribution in [0.15, 0.2) is 12.2 Å². The zero-order chi connectivity index (χ0) is 19.0. The van der Waals surface area contributed by atoms with Gasteiger partial charge in [-0.1, -0.05) is 13.0 Å². The number of carbonyl (C=O) groups is 1. The Morgan fingerprint density at radius 2 is 1.46 bits per heavy atom. The van der Waals surface area contributed by atoms with E-state index in [-0.39, 0.29) is 12.8 Å². The summed E-state index contributed by atoms with van der Waals surface area (Å²) in [5.74, 6) is -7.31. The Labute approximate surface area is 131 Å². The molecule has 1 saturated carbocycles. The first-order chi connectivity index (χ1) is 10.7. The lowest BCUT2D eigenvalue weighted by molar-refractivity contribution is -0.320. The second kappa shape index (κ2) is 6.49.